The van der Waals surface area contributed by atoms with Crippen molar-refractivity contribution in [3.63, 3.8) is 0 Å². The number of aromatic amines is 1. The van der Waals surface area contributed by atoms with E-state index in [-0.39, 0.29) is 22.2 Å². The van der Waals surface area contributed by atoms with Crippen LogP contribution in [0.1, 0.15) is 25.8 Å². The fourth-order valence-corrected chi connectivity index (χ4v) is 3.81. The Labute approximate surface area is 169 Å². The van der Waals surface area contributed by atoms with Crippen molar-refractivity contribution in [2.45, 2.75) is 44.0 Å². The van der Waals surface area contributed by atoms with E-state index in [1.165, 1.54) is 39.2 Å². The van der Waals surface area contributed by atoms with E-state index in [0.717, 1.165) is 16.8 Å². The summed E-state index contributed by atoms with van der Waals surface area (Å²) in [5, 5.41) is 13.4. The molecule has 0 aliphatic heterocycles. The average Bonchev–Trinajstić information content (AvgIpc) is 2.96. The SMILES string of the molecule is COc1ccc(F)cc1C(C)(C)CC(O)(Cn1[nH]c(=O)c2ccccc21)C(F)(F)F. The minimum absolute atomic E-state index is 0.193. The Morgan fingerprint density at radius 2 is 1.80 bits per heavy atom. The summed E-state index contributed by atoms with van der Waals surface area (Å²) in [6.45, 7) is 2.01. The van der Waals surface area contributed by atoms with Crippen LogP contribution in [0.4, 0.5) is 17.6 Å². The molecule has 0 radical (unpaired) electrons. The molecule has 162 valence electrons. The zero-order chi connectivity index (χ0) is 22.3. The van der Waals surface area contributed by atoms with Crippen LogP contribution in [0.25, 0.3) is 10.9 Å². The highest BCUT2D eigenvalue weighted by atomic mass is 19.4. The standard InChI is InChI=1S/C21H22F4N2O3/c1-19(2,15-10-13(22)8-9-17(15)30-3)11-20(29,21(23,24)25)12-27-16-7-5-4-6-14(16)18(28)26-27/h4-10,29H,11-12H2,1-3H3,(H,26,28). The highest BCUT2D eigenvalue weighted by Gasteiger charge is 2.56. The van der Waals surface area contributed by atoms with Gasteiger partial charge in [0, 0.05) is 5.56 Å². The molecule has 9 heteroatoms. The Balaban J connectivity index is 2.06. The summed E-state index contributed by atoms with van der Waals surface area (Å²) in [6.07, 6.45) is -5.81. The molecule has 0 bridgehead atoms. The van der Waals surface area contributed by atoms with Crippen molar-refractivity contribution >= 4 is 10.9 Å². The Morgan fingerprint density at radius 1 is 1.13 bits per heavy atom. The van der Waals surface area contributed by atoms with Crippen molar-refractivity contribution in [3.05, 3.63) is 64.2 Å². The maximum atomic E-state index is 14.0. The van der Waals surface area contributed by atoms with Gasteiger partial charge < -0.3 is 9.84 Å². The fraction of sp³-hybridized carbons (Fsp3) is 0.381. The van der Waals surface area contributed by atoms with E-state index in [9.17, 15) is 27.5 Å². The molecule has 2 aromatic carbocycles. The number of halogens is 4. The number of hydrogen-bond acceptors (Lipinski definition) is 3. The second-order valence-corrected chi connectivity index (χ2v) is 7.98. The first-order chi connectivity index (χ1) is 13.9. The molecule has 3 rings (SSSR count). The van der Waals surface area contributed by atoms with Crippen molar-refractivity contribution in [1.29, 1.82) is 0 Å². The van der Waals surface area contributed by atoms with Gasteiger partial charge in [0.2, 0.25) is 0 Å². The summed E-state index contributed by atoms with van der Waals surface area (Å²) >= 11 is 0. The number of nitrogens with one attached hydrogen (secondary N) is 1. The topological polar surface area (TPSA) is 67.2 Å². The number of aromatic nitrogens is 2. The highest BCUT2D eigenvalue weighted by Crippen LogP contribution is 2.44. The lowest BCUT2D eigenvalue weighted by molar-refractivity contribution is -0.272. The van der Waals surface area contributed by atoms with Crippen molar-refractivity contribution in [2.24, 2.45) is 0 Å². The molecule has 1 heterocycles. The van der Waals surface area contributed by atoms with Gasteiger partial charge in [-0.1, -0.05) is 26.0 Å². The van der Waals surface area contributed by atoms with Crippen LogP contribution in [0.3, 0.4) is 0 Å². The first-order valence-electron chi connectivity index (χ1n) is 9.19. The number of benzene rings is 2. The van der Waals surface area contributed by atoms with E-state index >= 15 is 0 Å². The van der Waals surface area contributed by atoms with E-state index in [4.69, 9.17) is 4.74 Å². The zero-order valence-corrected chi connectivity index (χ0v) is 16.7. The molecule has 3 aromatic rings. The molecule has 1 aromatic heterocycles. The van der Waals surface area contributed by atoms with Gasteiger partial charge in [0.25, 0.3) is 5.56 Å². The van der Waals surface area contributed by atoms with Gasteiger partial charge in [-0.15, -0.1) is 0 Å². The fourth-order valence-electron chi connectivity index (χ4n) is 3.81. The predicted octanol–water partition coefficient (Wildman–Crippen LogP) is 4.14. The number of hydrogen-bond donors (Lipinski definition) is 2. The molecule has 0 fully saturated rings. The third-order valence-corrected chi connectivity index (χ3v) is 5.25. The van der Waals surface area contributed by atoms with E-state index in [1.54, 1.807) is 12.1 Å². The van der Waals surface area contributed by atoms with Crippen molar-refractivity contribution in [2.75, 3.05) is 7.11 Å². The summed E-state index contributed by atoms with van der Waals surface area (Å²) in [4.78, 5) is 12.1. The van der Waals surface area contributed by atoms with Crippen LogP contribution < -0.4 is 10.3 Å². The number of H-pyrrole nitrogens is 1. The Bertz CT molecular complexity index is 1120. The normalized spacial score (nSPS) is 14.7. The molecular formula is C21H22F4N2O3. The van der Waals surface area contributed by atoms with Crippen LogP contribution in [-0.2, 0) is 12.0 Å². The maximum Gasteiger partial charge on any atom is 0.419 e. The molecule has 0 saturated heterocycles. The molecule has 1 atom stereocenters. The van der Waals surface area contributed by atoms with Crippen LogP contribution in [-0.4, -0.2) is 33.8 Å². The van der Waals surface area contributed by atoms with Gasteiger partial charge >= 0.3 is 6.18 Å². The highest BCUT2D eigenvalue weighted by molar-refractivity contribution is 5.78. The molecule has 5 nitrogen and oxygen atoms in total. The third-order valence-electron chi connectivity index (χ3n) is 5.25. The second-order valence-electron chi connectivity index (χ2n) is 7.98. The van der Waals surface area contributed by atoms with Crippen LogP contribution in [0.15, 0.2) is 47.3 Å². The van der Waals surface area contributed by atoms with Crippen LogP contribution in [0, 0.1) is 5.82 Å². The summed E-state index contributed by atoms with van der Waals surface area (Å²) < 4.78 is 62.1. The number of fused-ring (bicyclic) bond motifs is 1. The Hall–Kier alpha value is -2.81. The molecule has 0 amide bonds. The van der Waals surface area contributed by atoms with Gasteiger partial charge in [-0.25, -0.2) is 4.39 Å². The second kappa shape index (κ2) is 7.46. The molecule has 0 aliphatic rings. The smallest absolute Gasteiger partial charge is 0.419 e. The monoisotopic (exact) mass is 426 g/mol. The number of methoxy groups -OCH3 is 1. The maximum absolute atomic E-state index is 14.0. The van der Waals surface area contributed by atoms with Crippen molar-refractivity contribution in [1.82, 2.24) is 9.78 Å². The number of ether oxygens (including phenoxy) is 1. The lowest BCUT2D eigenvalue weighted by Gasteiger charge is -2.38. The quantitative estimate of drug-likeness (QED) is 0.583. The zero-order valence-electron chi connectivity index (χ0n) is 16.7. The van der Waals surface area contributed by atoms with Crippen LogP contribution >= 0.6 is 0 Å². The first-order valence-corrected chi connectivity index (χ1v) is 9.19. The average molecular weight is 426 g/mol. The minimum Gasteiger partial charge on any atom is -0.496 e. The molecule has 30 heavy (non-hydrogen) atoms. The van der Waals surface area contributed by atoms with Gasteiger partial charge in [0.1, 0.15) is 11.6 Å². The van der Waals surface area contributed by atoms with Gasteiger partial charge in [0.05, 0.1) is 24.6 Å². The van der Waals surface area contributed by atoms with Crippen LogP contribution in [0.5, 0.6) is 5.75 Å². The predicted molar refractivity (Wildman–Crippen MR) is 104 cm³/mol. The summed E-state index contributed by atoms with van der Waals surface area (Å²) in [6, 6.07) is 9.73. The molecule has 1 unspecified atom stereocenters. The minimum atomic E-state index is -5.02. The number of alkyl halides is 3. The first kappa shape index (κ1) is 21.9. The number of para-hydroxylation sites is 1. The molecule has 0 aliphatic carbocycles. The van der Waals surface area contributed by atoms with Crippen molar-refractivity contribution < 1.29 is 27.4 Å². The summed E-state index contributed by atoms with van der Waals surface area (Å²) in [5.74, 6) is -0.416. The van der Waals surface area contributed by atoms with Crippen molar-refractivity contribution in [3.8, 4) is 5.75 Å². The number of rotatable bonds is 6. The van der Waals surface area contributed by atoms with E-state index in [1.807, 2.05) is 0 Å². The third kappa shape index (κ3) is 3.94. The summed E-state index contributed by atoms with van der Waals surface area (Å²) in [7, 11) is 1.33. The number of aliphatic hydroxyl groups is 1. The molecular weight excluding hydrogens is 404 g/mol. The number of nitrogens with zero attached hydrogens (tertiary/aromatic N) is 1. The molecule has 0 saturated carbocycles. The van der Waals surface area contributed by atoms with E-state index in [2.05, 4.69) is 5.10 Å². The van der Waals surface area contributed by atoms with Gasteiger partial charge in [-0.2, -0.15) is 13.2 Å². The Kier molecular flexibility index (Phi) is 5.44. The van der Waals surface area contributed by atoms with Gasteiger partial charge in [-0.05, 0) is 42.2 Å². The van der Waals surface area contributed by atoms with Crippen LogP contribution in [0.2, 0.25) is 0 Å². The van der Waals surface area contributed by atoms with Gasteiger partial charge in [0.15, 0.2) is 5.60 Å². The lowest BCUT2D eigenvalue weighted by Crippen LogP contribution is -2.52. The van der Waals surface area contributed by atoms with E-state index < -0.39 is 41.5 Å². The molecule has 2 N–H and O–H groups in total. The molecule has 0 spiro atoms. The largest absolute Gasteiger partial charge is 0.496 e. The van der Waals surface area contributed by atoms with E-state index in [0.29, 0.717) is 0 Å². The Morgan fingerprint density at radius 3 is 2.43 bits per heavy atom. The summed E-state index contributed by atoms with van der Waals surface area (Å²) in [5.41, 5.74) is -4.65. The van der Waals surface area contributed by atoms with Gasteiger partial charge in [-0.3, -0.25) is 14.6 Å². The lowest BCUT2D eigenvalue weighted by atomic mass is 9.74.